The first kappa shape index (κ1) is 27.1. The van der Waals surface area contributed by atoms with Crippen LogP contribution in [0, 0.1) is 25.7 Å². The molecule has 0 saturated carbocycles. The van der Waals surface area contributed by atoms with Crippen molar-refractivity contribution >= 4 is 23.5 Å². The van der Waals surface area contributed by atoms with Gasteiger partial charge in [-0.3, -0.25) is 14.4 Å². The molecule has 3 aliphatic heterocycles. The SMILES string of the molecule is C=CCCOC(=O)[C@H]1[C@H]2C(=O)N([C@H](C)CO)C(C(=O)N(CC=C)c3cc(C)ccc3C)C23CC[C@]1(C)O3. The molecule has 2 bridgehead atoms. The number of likely N-dealkylation sites (tertiary alicyclic amines) is 1. The molecule has 1 spiro atoms. The predicted octanol–water partition coefficient (Wildman–Crippen LogP) is 3.09. The third-order valence-corrected chi connectivity index (χ3v) is 8.24. The number of amides is 2. The highest BCUT2D eigenvalue weighted by molar-refractivity contribution is 6.05. The molecule has 200 valence electrons. The number of ether oxygens (including phenoxy) is 2. The van der Waals surface area contributed by atoms with Crippen LogP contribution in [0.4, 0.5) is 5.69 Å². The maximum absolute atomic E-state index is 14.5. The summed E-state index contributed by atoms with van der Waals surface area (Å²) < 4.78 is 12.1. The zero-order valence-electron chi connectivity index (χ0n) is 22.2. The first-order valence-corrected chi connectivity index (χ1v) is 13.0. The Kier molecular flexibility index (Phi) is 7.36. The largest absolute Gasteiger partial charge is 0.465 e. The fraction of sp³-hybridized carbons (Fsp3) is 0.552. The molecule has 1 aromatic rings. The molecule has 2 amide bonds. The van der Waals surface area contributed by atoms with Crippen LogP contribution >= 0.6 is 0 Å². The van der Waals surface area contributed by atoms with Gasteiger partial charge in [-0.2, -0.15) is 0 Å². The van der Waals surface area contributed by atoms with Crippen LogP contribution in [0.2, 0.25) is 0 Å². The maximum Gasteiger partial charge on any atom is 0.312 e. The van der Waals surface area contributed by atoms with Crippen LogP contribution in [0.25, 0.3) is 0 Å². The highest BCUT2D eigenvalue weighted by atomic mass is 16.6. The topological polar surface area (TPSA) is 96.4 Å². The van der Waals surface area contributed by atoms with E-state index < -0.39 is 41.1 Å². The third kappa shape index (κ3) is 4.20. The van der Waals surface area contributed by atoms with E-state index in [0.29, 0.717) is 19.3 Å². The average Bonchev–Trinajstić information content (AvgIpc) is 3.44. The van der Waals surface area contributed by atoms with Gasteiger partial charge in [-0.05, 0) is 64.2 Å². The number of carbonyl (C=O) groups is 3. The van der Waals surface area contributed by atoms with Crippen molar-refractivity contribution in [1.29, 1.82) is 0 Å². The van der Waals surface area contributed by atoms with Gasteiger partial charge in [-0.15, -0.1) is 13.2 Å². The smallest absolute Gasteiger partial charge is 0.312 e. The van der Waals surface area contributed by atoms with E-state index >= 15 is 0 Å². The van der Waals surface area contributed by atoms with Gasteiger partial charge in [0.05, 0.1) is 30.8 Å². The first-order valence-electron chi connectivity index (χ1n) is 13.0. The molecule has 0 aromatic heterocycles. The molecule has 4 rings (SSSR count). The Balaban J connectivity index is 1.81. The van der Waals surface area contributed by atoms with Crippen LogP contribution < -0.4 is 4.90 Å². The summed E-state index contributed by atoms with van der Waals surface area (Å²) in [5.41, 5.74) is 0.530. The summed E-state index contributed by atoms with van der Waals surface area (Å²) in [6, 6.07) is 4.24. The van der Waals surface area contributed by atoms with Gasteiger partial charge in [-0.25, -0.2) is 0 Å². The molecule has 3 saturated heterocycles. The number of benzene rings is 1. The van der Waals surface area contributed by atoms with Gasteiger partial charge in [0.2, 0.25) is 5.91 Å². The molecule has 3 heterocycles. The lowest BCUT2D eigenvalue weighted by Crippen LogP contribution is -2.58. The van der Waals surface area contributed by atoms with Crippen LogP contribution in [0.1, 0.15) is 44.2 Å². The molecule has 2 unspecified atom stereocenters. The Morgan fingerprint density at radius 3 is 2.68 bits per heavy atom. The average molecular weight is 511 g/mol. The molecule has 3 fully saturated rings. The van der Waals surface area contributed by atoms with Crippen molar-refractivity contribution in [2.24, 2.45) is 11.8 Å². The lowest BCUT2D eigenvalue weighted by atomic mass is 9.66. The predicted molar refractivity (Wildman–Crippen MR) is 140 cm³/mol. The molecule has 6 atom stereocenters. The Labute approximate surface area is 218 Å². The van der Waals surface area contributed by atoms with Crippen LogP contribution in [0.3, 0.4) is 0 Å². The van der Waals surface area contributed by atoms with Crippen molar-refractivity contribution in [1.82, 2.24) is 4.90 Å². The summed E-state index contributed by atoms with van der Waals surface area (Å²) in [4.78, 5) is 44.9. The van der Waals surface area contributed by atoms with Gasteiger partial charge >= 0.3 is 5.97 Å². The minimum absolute atomic E-state index is 0.168. The lowest BCUT2D eigenvalue weighted by molar-refractivity contribution is -0.160. The summed E-state index contributed by atoms with van der Waals surface area (Å²) in [7, 11) is 0. The quantitative estimate of drug-likeness (QED) is 0.295. The van der Waals surface area contributed by atoms with E-state index in [1.807, 2.05) is 39.0 Å². The molecule has 1 aromatic carbocycles. The summed E-state index contributed by atoms with van der Waals surface area (Å²) >= 11 is 0. The van der Waals surface area contributed by atoms with Gasteiger partial charge in [0.1, 0.15) is 17.6 Å². The second kappa shape index (κ2) is 10.1. The van der Waals surface area contributed by atoms with Crippen molar-refractivity contribution in [3.63, 3.8) is 0 Å². The van der Waals surface area contributed by atoms with Crippen molar-refractivity contribution < 1.29 is 29.0 Å². The van der Waals surface area contributed by atoms with Crippen molar-refractivity contribution in [3.05, 3.63) is 54.6 Å². The zero-order valence-corrected chi connectivity index (χ0v) is 22.2. The molecule has 8 heteroatoms. The zero-order chi connectivity index (χ0) is 27.1. The van der Waals surface area contributed by atoms with E-state index in [9.17, 15) is 19.5 Å². The number of aliphatic hydroxyl groups excluding tert-OH is 1. The van der Waals surface area contributed by atoms with Crippen molar-refractivity contribution in [2.45, 2.75) is 70.2 Å². The molecule has 1 N–H and O–H groups in total. The van der Waals surface area contributed by atoms with Gasteiger partial charge in [0.15, 0.2) is 0 Å². The number of rotatable bonds is 10. The summed E-state index contributed by atoms with van der Waals surface area (Å²) in [5.74, 6) is -2.86. The highest BCUT2D eigenvalue weighted by Crippen LogP contribution is 2.63. The van der Waals surface area contributed by atoms with Crippen LogP contribution in [-0.2, 0) is 23.9 Å². The van der Waals surface area contributed by atoms with E-state index in [1.165, 1.54) is 4.90 Å². The molecule has 3 aliphatic rings. The third-order valence-electron chi connectivity index (χ3n) is 8.24. The normalized spacial score (nSPS) is 30.7. The lowest BCUT2D eigenvalue weighted by Gasteiger charge is -2.39. The highest BCUT2D eigenvalue weighted by Gasteiger charge is 2.79. The summed E-state index contributed by atoms with van der Waals surface area (Å²) in [6.45, 7) is 15.0. The number of aliphatic hydroxyl groups is 1. The minimum Gasteiger partial charge on any atom is -0.465 e. The number of nitrogens with zero attached hydrogens (tertiary/aromatic N) is 2. The fourth-order valence-corrected chi connectivity index (χ4v) is 6.49. The van der Waals surface area contributed by atoms with Crippen molar-refractivity contribution in [3.8, 4) is 0 Å². The van der Waals surface area contributed by atoms with Crippen LogP contribution in [0.5, 0.6) is 0 Å². The number of anilines is 1. The number of aryl methyl sites for hydroxylation is 2. The number of hydrogen-bond donors (Lipinski definition) is 1. The summed E-state index contributed by atoms with van der Waals surface area (Å²) in [5, 5.41) is 10.1. The van der Waals surface area contributed by atoms with E-state index in [2.05, 4.69) is 13.2 Å². The van der Waals surface area contributed by atoms with Gasteiger partial charge in [-0.1, -0.05) is 24.3 Å². The number of esters is 1. The van der Waals surface area contributed by atoms with Gasteiger partial charge in [0.25, 0.3) is 5.91 Å². The van der Waals surface area contributed by atoms with Gasteiger partial charge in [0, 0.05) is 12.2 Å². The second-order valence-corrected chi connectivity index (χ2v) is 10.8. The van der Waals surface area contributed by atoms with Crippen LogP contribution in [-0.4, -0.2) is 70.8 Å². The monoisotopic (exact) mass is 510 g/mol. The molecule has 37 heavy (non-hydrogen) atoms. The molecule has 0 aliphatic carbocycles. The Morgan fingerprint density at radius 1 is 1.30 bits per heavy atom. The Morgan fingerprint density at radius 2 is 2.03 bits per heavy atom. The molecular weight excluding hydrogens is 472 g/mol. The number of fused-ring (bicyclic) bond motifs is 1. The van der Waals surface area contributed by atoms with Gasteiger partial charge < -0.3 is 24.4 Å². The number of carbonyl (C=O) groups excluding carboxylic acids is 3. The second-order valence-electron chi connectivity index (χ2n) is 10.8. The Hall–Kier alpha value is -2.97. The van der Waals surface area contributed by atoms with E-state index in [-0.39, 0.29) is 31.6 Å². The standard InChI is InChI=1S/C29H38N2O6/c1-7-9-15-36-27(35)23-22-25(33)31(20(5)17-32)24(29(22)13-12-28(23,6)37-29)26(34)30(14-8-2)21-16-18(3)10-11-19(21)4/h7-8,10-11,16,20,22-24,32H,1-2,9,12-15,17H2,3-6H3/t20-,22+,23-,24?,28+,29?/m1/s1. The molecular formula is C29H38N2O6. The van der Waals surface area contributed by atoms with E-state index in [4.69, 9.17) is 9.47 Å². The molecule has 8 nitrogen and oxygen atoms in total. The molecule has 0 radical (unpaired) electrons. The first-order chi connectivity index (χ1) is 17.6. The fourth-order valence-electron chi connectivity index (χ4n) is 6.49. The van der Waals surface area contributed by atoms with Crippen LogP contribution in [0.15, 0.2) is 43.5 Å². The minimum atomic E-state index is -1.19. The summed E-state index contributed by atoms with van der Waals surface area (Å²) in [6.07, 6.45) is 4.79. The Bertz CT molecular complexity index is 1120. The van der Waals surface area contributed by atoms with E-state index in [0.717, 1.165) is 16.8 Å². The van der Waals surface area contributed by atoms with Crippen molar-refractivity contribution in [2.75, 3.05) is 24.7 Å². The number of hydrogen-bond acceptors (Lipinski definition) is 6. The van der Waals surface area contributed by atoms with E-state index in [1.54, 1.807) is 24.0 Å². The maximum atomic E-state index is 14.5.